The molecule has 0 spiro atoms. The third-order valence-corrected chi connectivity index (χ3v) is 7.39. The normalized spacial score (nSPS) is 23.1. The Balaban J connectivity index is 2.19. The number of carbonyl (C=O) groups is 1. The maximum atomic E-state index is 12.2. The van der Waals surface area contributed by atoms with E-state index < -0.39 is 43.4 Å². The predicted molar refractivity (Wildman–Crippen MR) is 187 cm³/mol. The Kier molecular flexibility index (Phi) is 27.0. The maximum Gasteiger partial charge on any atom is 0.306 e. The van der Waals surface area contributed by atoms with E-state index in [4.69, 9.17) is 18.9 Å². The first-order valence-electron chi connectivity index (χ1n) is 17.5. The molecule has 1 heterocycles. The zero-order valence-corrected chi connectivity index (χ0v) is 28.7. The molecule has 0 aromatic rings. The topological polar surface area (TPSA) is 135 Å². The number of hydrogen-bond acceptors (Lipinski definition) is 9. The summed E-state index contributed by atoms with van der Waals surface area (Å²) in [5, 5.41) is 39.5. The summed E-state index contributed by atoms with van der Waals surface area (Å²) in [6.07, 6.45) is 30.5. The summed E-state index contributed by atoms with van der Waals surface area (Å²) in [4.78, 5) is 12.2. The molecule has 0 aromatic heterocycles. The van der Waals surface area contributed by atoms with Crippen molar-refractivity contribution in [3.05, 3.63) is 72.9 Å². The minimum atomic E-state index is -1.54. The van der Waals surface area contributed by atoms with Gasteiger partial charge in [-0.25, -0.2) is 0 Å². The first kappa shape index (κ1) is 42.7. The first-order chi connectivity index (χ1) is 22.9. The van der Waals surface area contributed by atoms with Gasteiger partial charge < -0.3 is 39.4 Å². The maximum absolute atomic E-state index is 12.2. The summed E-state index contributed by atoms with van der Waals surface area (Å²) in [7, 11) is 0. The number of allylic oxidation sites excluding steroid dienone is 12. The minimum Gasteiger partial charge on any atom is -0.457 e. The Bertz CT molecular complexity index is 937. The second-order valence-electron chi connectivity index (χ2n) is 11.6. The average molecular weight is 663 g/mol. The Morgan fingerprint density at radius 1 is 0.702 bits per heavy atom. The van der Waals surface area contributed by atoms with Crippen LogP contribution in [0.5, 0.6) is 0 Å². The van der Waals surface area contributed by atoms with Gasteiger partial charge in [0.1, 0.15) is 30.5 Å². The lowest BCUT2D eigenvalue weighted by Gasteiger charge is -2.39. The molecule has 1 aliphatic heterocycles. The number of carbonyl (C=O) groups excluding carboxylic acids is 1. The second-order valence-corrected chi connectivity index (χ2v) is 11.6. The fourth-order valence-corrected chi connectivity index (χ4v) is 4.59. The Morgan fingerprint density at radius 3 is 1.83 bits per heavy atom. The zero-order valence-electron chi connectivity index (χ0n) is 28.7. The molecule has 9 heteroatoms. The fourth-order valence-electron chi connectivity index (χ4n) is 4.59. The SMILES string of the molecule is CC/C=C\C/C=C\C/C=C\C/C=C\C/C=C\C/C=C\CCCCCOCC(COC1OC(CO)C(O)C(O)C1O)OC(=O)CCCC. The average Bonchev–Trinajstić information content (AvgIpc) is 3.07. The Labute approximate surface area is 283 Å². The fraction of sp³-hybridized carbons (Fsp3) is 0.658. The molecule has 1 saturated heterocycles. The lowest BCUT2D eigenvalue weighted by molar-refractivity contribution is -0.305. The number of aliphatic hydroxyl groups is 4. The van der Waals surface area contributed by atoms with E-state index in [1.807, 2.05) is 6.92 Å². The summed E-state index contributed by atoms with van der Waals surface area (Å²) >= 11 is 0. The second kappa shape index (κ2) is 29.7. The Hall–Kier alpha value is -2.37. The summed E-state index contributed by atoms with van der Waals surface area (Å²) < 4.78 is 22.2. The highest BCUT2D eigenvalue weighted by Crippen LogP contribution is 2.22. The molecule has 9 nitrogen and oxygen atoms in total. The summed E-state index contributed by atoms with van der Waals surface area (Å²) in [5.41, 5.74) is 0. The van der Waals surface area contributed by atoms with Crippen LogP contribution < -0.4 is 0 Å². The summed E-state index contributed by atoms with van der Waals surface area (Å²) in [6, 6.07) is 0. The largest absolute Gasteiger partial charge is 0.457 e. The van der Waals surface area contributed by atoms with Crippen LogP contribution in [0.15, 0.2) is 72.9 Å². The molecule has 47 heavy (non-hydrogen) atoms. The summed E-state index contributed by atoms with van der Waals surface area (Å²) in [5.74, 6) is -0.366. The summed E-state index contributed by atoms with van der Waals surface area (Å²) in [6.45, 7) is 4.06. The standard InChI is InChI=1S/C38H62O9/c1-3-5-7-8-9-10-11-12-13-14-15-16-17-18-19-20-21-22-23-24-25-26-28-44-30-32(46-34(40)27-6-4-2)31-45-38-37(43)36(42)35(41)33(29-39)47-38/h5,7,9-10,12-13,15-16,18-19,21-22,32-33,35-39,41-43H,3-4,6,8,11,14,17,20,23-31H2,1-2H3/b7-5-,10-9-,13-12-,16-15-,19-18-,22-21-. The molecular weight excluding hydrogens is 600 g/mol. The van der Waals surface area contributed by atoms with E-state index >= 15 is 0 Å². The van der Waals surface area contributed by atoms with Crippen molar-refractivity contribution in [2.45, 2.75) is 134 Å². The molecule has 0 saturated carbocycles. The number of ether oxygens (including phenoxy) is 4. The van der Waals surface area contributed by atoms with Gasteiger partial charge in [-0.3, -0.25) is 4.79 Å². The third-order valence-electron chi connectivity index (χ3n) is 7.39. The molecule has 1 rings (SSSR count). The van der Waals surface area contributed by atoms with Crippen molar-refractivity contribution in [3.8, 4) is 0 Å². The van der Waals surface area contributed by atoms with Gasteiger partial charge in [-0.2, -0.15) is 0 Å². The van der Waals surface area contributed by atoms with Crippen molar-refractivity contribution in [1.29, 1.82) is 0 Å². The lowest BCUT2D eigenvalue weighted by Crippen LogP contribution is -2.59. The van der Waals surface area contributed by atoms with E-state index in [2.05, 4.69) is 79.8 Å². The molecule has 0 radical (unpaired) electrons. The van der Waals surface area contributed by atoms with Crippen LogP contribution >= 0.6 is 0 Å². The van der Waals surface area contributed by atoms with Gasteiger partial charge in [0, 0.05) is 13.0 Å². The molecular formula is C38H62O9. The highest BCUT2D eigenvalue weighted by Gasteiger charge is 2.44. The number of hydrogen-bond donors (Lipinski definition) is 4. The van der Waals surface area contributed by atoms with Crippen LogP contribution in [0.25, 0.3) is 0 Å². The molecule has 268 valence electrons. The molecule has 0 amide bonds. The van der Waals surface area contributed by atoms with Crippen LogP contribution in [0, 0.1) is 0 Å². The van der Waals surface area contributed by atoms with Gasteiger partial charge in [0.25, 0.3) is 0 Å². The molecule has 1 fully saturated rings. The third kappa shape index (κ3) is 22.0. The van der Waals surface area contributed by atoms with Gasteiger partial charge >= 0.3 is 5.97 Å². The highest BCUT2D eigenvalue weighted by molar-refractivity contribution is 5.69. The first-order valence-corrected chi connectivity index (χ1v) is 17.5. The van der Waals surface area contributed by atoms with Crippen LogP contribution in [-0.4, -0.2) is 89.6 Å². The molecule has 0 aliphatic carbocycles. The minimum absolute atomic E-state index is 0.114. The van der Waals surface area contributed by atoms with Crippen LogP contribution in [-0.2, 0) is 23.7 Å². The van der Waals surface area contributed by atoms with Crippen molar-refractivity contribution in [2.24, 2.45) is 0 Å². The predicted octanol–water partition coefficient (Wildman–Crippen LogP) is 6.18. The van der Waals surface area contributed by atoms with Gasteiger partial charge in [-0.1, -0.05) is 99.6 Å². The van der Waals surface area contributed by atoms with Crippen LogP contribution in [0.2, 0.25) is 0 Å². The van der Waals surface area contributed by atoms with E-state index in [1.165, 1.54) is 0 Å². The molecule has 0 aromatic carbocycles. The monoisotopic (exact) mass is 662 g/mol. The van der Waals surface area contributed by atoms with Crippen molar-refractivity contribution in [3.63, 3.8) is 0 Å². The number of unbranched alkanes of at least 4 members (excludes halogenated alkanes) is 4. The van der Waals surface area contributed by atoms with Crippen molar-refractivity contribution in [2.75, 3.05) is 26.4 Å². The van der Waals surface area contributed by atoms with E-state index in [-0.39, 0.29) is 25.6 Å². The van der Waals surface area contributed by atoms with Gasteiger partial charge in [0.05, 0.1) is 19.8 Å². The molecule has 6 unspecified atom stereocenters. The van der Waals surface area contributed by atoms with Crippen LogP contribution in [0.1, 0.15) is 97.3 Å². The van der Waals surface area contributed by atoms with E-state index in [1.54, 1.807) is 0 Å². The highest BCUT2D eigenvalue weighted by atomic mass is 16.7. The van der Waals surface area contributed by atoms with Crippen molar-refractivity contribution >= 4 is 5.97 Å². The molecule has 0 bridgehead atoms. The molecule has 4 N–H and O–H groups in total. The number of aliphatic hydroxyl groups excluding tert-OH is 4. The van der Waals surface area contributed by atoms with Gasteiger partial charge in [-0.15, -0.1) is 0 Å². The lowest BCUT2D eigenvalue weighted by atomic mass is 9.99. The van der Waals surface area contributed by atoms with Gasteiger partial charge in [0.2, 0.25) is 0 Å². The van der Waals surface area contributed by atoms with Gasteiger partial charge in [-0.05, 0) is 64.2 Å². The zero-order chi connectivity index (χ0) is 34.4. The number of rotatable bonds is 27. The van der Waals surface area contributed by atoms with Crippen LogP contribution in [0.3, 0.4) is 0 Å². The van der Waals surface area contributed by atoms with E-state index in [9.17, 15) is 25.2 Å². The van der Waals surface area contributed by atoms with E-state index in [0.717, 1.165) is 70.6 Å². The quantitative estimate of drug-likeness (QED) is 0.0462. The van der Waals surface area contributed by atoms with Crippen molar-refractivity contribution in [1.82, 2.24) is 0 Å². The van der Waals surface area contributed by atoms with Crippen molar-refractivity contribution < 1.29 is 44.2 Å². The number of esters is 1. The van der Waals surface area contributed by atoms with Gasteiger partial charge in [0.15, 0.2) is 6.29 Å². The van der Waals surface area contributed by atoms with Crippen LogP contribution in [0.4, 0.5) is 0 Å². The molecule has 6 atom stereocenters. The molecule has 1 aliphatic rings. The Morgan fingerprint density at radius 2 is 1.28 bits per heavy atom. The van der Waals surface area contributed by atoms with E-state index in [0.29, 0.717) is 13.0 Å². The smallest absolute Gasteiger partial charge is 0.306 e.